The molecule has 6 heteroatoms. The highest BCUT2D eigenvalue weighted by molar-refractivity contribution is 7.80. The molecule has 0 amide bonds. The number of halogens is 2. The van der Waals surface area contributed by atoms with Gasteiger partial charge in [-0.3, -0.25) is 9.80 Å². The molecule has 0 bridgehead atoms. The molecule has 1 saturated heterocycles. The second kappa shape index (κ2) is 7.49. The quantitative estimate of drug-likeness (QED) is 0.842. The third kappa shape index (κ3) is 4.36. The number of nitrogens with zero attached hydrogens (tertiary/aromatic N) is 2. The fourth-order valence-corrected chi connectivity index (χ4v) is 3.24. The van der Waals surface area contributed by atoms with E-state index < -0.39 is 0 Å². The molecule has 1 aromatic rings. The minimum Gasteiger partial charge on any atom is -0.392 e. The Kier molecular flexibility index (Phi) is 5.93. The van der Waals surface area contributed by atoms with Crippen molar-refractivity contribution in [3.05, 3.63) is 34.6 Å². The van der Waals surface area contributed by atoms with Crippen LogP contribution in [0, 0.1) is 5.82 Å². The summed E-state index contributed by atoms with van der Waals surface area (Å²) in [5.41, 5.74) is 6.47. The predicted octanol–water partition coefficient (Wildman–Crippen LogP) is 2.66. The van der Waals surface area contributed by atoms with E-state index in [4.69, 9.17) is 29.6 Å². The Balaban J connectivity index is 1.91. The minimum absolute atomic E-state index is 0.175. The highest BCUT2D eigenvalue weighted by atomic mass is 35.5. The maximum Gasteiger partial charge on any atom is 0.129 e. The lowest BCUT2D eigenvalue weighted by molar-refractivity contribution is 0.111. The molecular formula is C15H21ClFN3S. The van der Waals surface area contributed by atoms with Gasteiger partial charge in [0.25, 0.3) is 0 Å². The topological polar surface area (TPSA) is 32.5 Å². The summed E-state index contributed by atoms with van der Waals surface area (Å²) in [6.07, 6.45) is 0.932. The van der Waals surface area contributed by atoms with Crippen molar-refractivity contribution in [1.82, 2.24) is 9.80 Å². The van der Waals surface area contributed by atoms with Crippen LogP contribution in [0.1, 0.15) is 18.9 Å². The first-order valence-electron chi connectivity index (χ1n) is 7.21. The van der Waals surface area contributed by atoms with Crippen LogP contribution in [0.4, 0.5) is 4.39 Å². The summed E-state index contributed by atoms with van der Waals surface area (Å²) in [6, 6.07) is 5.03. The summed E-state index contributed by atoms with van der Waals surface area (Å²) in [4.78, 5) is 5.13. The first-order chi connectivity index (χ1) is 10.0. The standard InChI is InChI=1S/C15H21ClFN3S/c1-2-14(15(18)21)20-7-5-19(6-8-20)10-11-3-4-12(16)9-13(11)17/h3-4,9,14H,2,5-8,10H2,1H3,(H2,18,21). The Morgan fingerprint density at radius 3 is 2.57 bits per heavy atom. The summed E-state index contributed by atoms with van der Waals surface area (Å²) in [5, 5.41) is 0.434. The first-order valence-corrected chi connectivity index (χ1v) is 7.99. The number of rotatable bonds is 5. The van der Waals surface area contributed by atoms with Gasteiger partial charge >= 0.3 is 0 Å². The summed E-state index contributed by atoms with van der Waals surface area (Å²) in [5.74, 6) is -0.237. The highest BCUT2D eigenvalue weighted by Gasteiger charge is 2.24. The fraction of sp³-hybridized carbons (Fsp3) is 0.533. The van der Waals surface area contributed by atoms with Gasteiger partial charge in [-0.2, -0.15) is 0 Å². The summed E-state index contributed by atoms with van der Waals surface area (Å²) < 4.78 is 13.8. The molecule has 1 unspecified atom stereocenters. The second-order valence-electron chi connectivity index (χ2n) is 5.37. The van der Waals surface area contributed by atoms with Gasteiger partial charge in [0.15, 0.2) is 0 Å². The zero-order valence-corrected chi connectivity index (χ0v) is 13.8. The van der Waals surface area contributed by atoms with Crippen molar-refractivity contribution in [2.45, 2.75) is 25.9 Å². The van der Waals surface area contributed by atoms with Gasteiger partial charge in [-0.25, -0.2) is 4.39 Å². The van der Waals surface area contributed by atoms with Crippen LogP contribution in [0.5, 0.6) is 0 Å². The van der Waals surface area contributed by atoms with Crippen LogP contribution >= 0.6 is 23.8 Å². The van der Waals surface area contributed by atoms with Gasteiger partial charge < -0.3 is 5.73 Å². The Morgan fingerprint density at radius 1 is 1.38 bits per heavy atom. The molecule has 1 aliphatic heterocycles. The lowest BCUT2D eigenvalue weighted by Crippen LogP contribution is -2.53. The minimum atomic E-state index is -0.237. The Labute approximate surface area is 135 Å². The molecule has 0 aromatic heterocycles. The van der Waals surface area contributed by atoms with E-state index in [1.165, 1.54) is 6.07 Å². The lowest BCUT2D eigenvalue weighted by atomic mass is 10.1. The van der Waals surface area contributed by atoms with E-state index in [-0.39, 0.29) is 11.9 Å². The third-order valence-electron chi connectivity index (χ3n) is 3.97. The van der Waals surface area contributed by atoms with E-state index in [0.29, 0.717) is 22.1 Å². The van der Waals surface area contributed by atoms with Crippen molar-refractivity contribution in [2.24, 2.45) is 5.73 Å². The van der Waals surface area contributed by atoms with Gasteiger partial charge in [0.05, 0.1) is 11.0 Å². The molecule has 1 aliphatic rings. The number of nitrogens with two attached hydrogens (primary N) is 1. The van der Waals surface area contributed by atoms with Gasteiger partial charge in [0, 0.05) is 43.3 Å². The van der Waals surface area contributed by atoms with E-state index in [1.807, 2.05) is 0 Å². The number of hydrogen-bond donors (Lipinski definition) is 1. The second-order valence-corrected chi connectivity index (χ2v) is 6.28. The number of hydrogen-bond acceptors (Lipinski definition) is 3. The number of thiocarbonyl (C=S) groups is 1. The Bertz CT molecular complexity index is 504. The van der Waals surface area contributed by atoms with E-state index in [9.17, 15) is 4.39 Å². The van der Waals surface area contributed by atoms with Gasteiger partial charge in [-0.15, -0.1) is 0 Å². The molecule has 1 heterocycles. The molecule has 1 aromatic carbocycles. The molecule has 2 rings (SSSR count). The smallest absolute Gasteiger partial charge is 0.129 e. The third-order valence-corrected chi connectivity index (χ3v) is 4.48. The van der Waals surface area contributed by atoms with Crippen molar-refractivity contribution in [3.63, 3.8) is 0 Å². The van der Waals surface area contributed by atoms with Crippen molar-refractivity contribution < 1.29 is 4.39 Å². The molecule has 0 spiro atoms. The molecule has 0 aliphatic carbocycles. The Hall–Kier alpha value is -0.750. The lowest BCUT2D eigenvalue weighted by Gasteiger charge is -2.38. The maximum atomic E-state index is 13.8. The molecule has 3 nitrogen and oxygen atoms in total. The maximum absolute atomic E-state index is 13.8. The average molecular weight is 330 g/mol. The Morgan fingerprint density at radius 2 is 2.05 bits per heavy atom. The molecule has 1 fully saturated rings. The zero-order valence-electron chi connectivity index (χ0n) is 12.2. The van der Waals surface area contributed by atoms with Crippen molar-refractivity contribution in [3.8, 4) is 0 Å². The fourth-order valence-electron chi connectivity index (χ4n) is 2.76. The van der Waals surface area contributed by atoms with Gasteiger partial charge in [-0.05, 0) is 18.6 Å². The molecule has 1 atom stereocenters. The van der Waals surface area contributed by atoms with Gasteiger partial charge in [-0.1, -0.05) is 36.8 Å². The van der Waals surface area contributed by atoms with Gasteiger partial charge in [0.1, 0.15) is 5.82 Å². The summed E-state index contributed by atoms with van der Waals surface area (Å²) in [7, 11) is 0. The highest BCUT2D eigenvalue weighted by Crippen LogP contribution is 2.18. The van der Waals surface area contributed by atoms with E-state index in [0.717, 1.165) is 32.6 Å². The zero-order chi connectivity index (χ0) is 15.4. The first kappa shape index (κ1) is 16.6. The van der Waals surface area contributed by atoms with Crippen LogP contribution in [0.25, 0.3) is 0 Å². The predicted molar refractivity (Wildman–Crippen MR) is 89.1 cm³/mol. The van der Waals surface area contributed by atoms with Crippen molar-refractivity contribution >= 4 is 28.8 Å². The van der Waals surface area contributed by atoms with E-state index in [2.05, 4.69) is 16.7 Å². The van der Waals surface area contributed by atoms with Crippen LogP contribution in [-0.4, -0.2) is 47.0 Å². The van der Waals surface area contributed by atoms with Crippen molar-refractivity contribution in [2.75, 3.05) is 26.2 Å². The molecular weight excluding hydrogens is 309 g/mol. The molecule has 2 N–H and O–H groups in total. The SMILES string of the molecule is CCC(C(N)=S)N1CCN(Cc2ccc(Cl)cc2F)CC1. The summed E-state index contributed by atoms with van der Waals surface area (Å²) >= 11 is 10.9. The van der Waals surface area contributed by atoms with Crippen LogP contribution in [0.2, 0.25) is 5.02 Å². The van der Waals surface area contributed by atoms with Crippen LogP contribution in [-0.2, 0) is 6.54 Å². The van der Waals surface area contributed by atoms with Crippen LogP contribution in [0.15, 0.2) is 18.2 Å². The van der Waals surface area contributed by atoms with Crippen molar-refractivity contribution in [1.29, 1.82) is 0 Å². The largest absolute Gasteiger partial charge is 0.392 e. The monoisotopic (exact) mass is 329 g/mol. The molecule has 0 radical (unpaired) electrons. The van der Waals surface area contributed by atoms with E-state index in [1.54, 1.807) is 12.1 Å². The molecule has 0 saturated carbocycles. The molecule has 116 valence electrons. The number of benzene rings is 1. The molecule has 21 heavy (non-hydrogen) atoms. The van der Waals surface area contributed by atoms with E-state index >= 15 is 0 Å². The normalized spacial score (nSPS) is 18.6. The number of piperazine rings is 1. The van der Waals surface area contributed by atoms with Crippen LogP contribution < -0.4 is 5.73 Å². The van der Waals surface area contributed by atoms with Crippen LogP contribution in [0.3, 0.4) is 0 Å². The van der Waals surface area contributed by atoms with Gasteiger partial charge in [0.2, 0.25) is 0 Å². The summed E-state index contributed by atoms with van der Waals surface area (Å²) in [6.45, 7) is 6.30. The average Bonchev–Trinajstić information content (AvgIpc) is 2.44.